The lowest BCUT2D eigenvalue weighted by molar-refractivity contribution is -0.129. The molecule has 1 heterocycles. The van der Waals surface area contributed by atoms with Crippen LogP contribution in [0, 0.1) is 0 Å². The fraction of sp³-hybridized carbons (Fsp3) is 0.0370. The highest BCUT2D eigenvalue weighted by molar-refractivity contribution is 6.31. The van der Waals surface area contributed by atoms with Crippen LogP contribution in [0.1, 0.15) is 16.7 Å². The van der Waals surface area contributed by atoms with Crippen LogP contribution >= 0.6 is 11.6 Å². The number of aliphatic imine (C=N–C) groups is 1. The number of carbonyl (C=O) groups excluding carboxylic acids is 1. The van der Waals surface area contributed by atoms with Crippen molar-refractivity contribution in [2.24, 2.45) is 4.99 Å². The molecule has 0 unspecified atom stereocenters. The Balaban J connectivity index is 1.42. The fourth-order valence-electron chi connectivity index (χ4n) is 3.50. The first-order valence-corrected chi connectivity index (χ1v) is 10.5. The molecule has 0 saturated heterocycles. The van der Waals surface area contributed by atoms with Crippen molar-refractivity contribution >= 4 is 40.3 Å². The molecule has 0 atom stereocenters. The van der Waals surface area contributed by atoms with Gasteiger partial charge in [-0.1, -0.05) is 78.3 Å². The number of halogens is 1. The van der Waals surface area contributed by atoms with Crippen molar-refractivity contribution in [2.75, 3.05) is 0 Å². The van der Waals surface area contributed by atoms with E-state index in [1.54, 1.807) is 6.08 Å². The predicted octanol–water partition coefficient (Wildman–Crippen LogP) is 6.42. The summed E-state index contributed by atoms with van der Waals surface area (Å²) < 4.78 is 11.4. The number of carbonyl (C=O) groups is 1. The summed E-state index contributed by atoms with van der Waals surface area (Å²) in [5, 5.41) is 2.81. The quantitative estimate of drug-likeness (QED) is 0.266. The van der Waals surface area contributed by atoms with E-state index in [0.717, 1.165) is 27.5 Å². The number of hydrogen-bond acceptors (Lipinski definition) is 4. The molecule has 32 heavy (non-hydrogen) atoms. The van der Waals surface area contributed by atoms with Gasteiger partial charge in [-0.05, 0) is 41.1 Å². The zero-order valence-corrected chi connectivity index (χ0v) is 17.8. The van der Waals surface area contributed by atoms with Gasteiger partial charge < -0.3 is 9.47 Å². The zero-order valence-electron chi connectivity index (χ0n) is 17.0. The number of rotatable bonds is 5. The Labute approximate surface area is 190 Å². The number of hydrogen-bond donors (Lipinski definition) is 0. The summed E-state index contributed by atoms with van der Waals surface area (Å²) in [5.41, 5.74) is 2.59. The monoisotopic (exact) mass is 439 g/mol. The number of cyclic esters (lactones) is 1. The van der Waals surface area contributed by atoms with Gasteiger partial charge in [0.2, 0.25) is 5.90 Å². The number of ether oxygens (including phenoxy) is 2. The maximum Gasteiger partial charge on any atom is 0.363 e. The summed E-state index contributed by atoms with van der Waals surface area (Å²) in [6.07, 6.45) is 1.68. The van der Waals surface area contributed by atoms with Crippen molar-refractivity contribution in [3.8, 4) is 5.75 Å². The highest BCUT2D eigenvalue weighted by Gasteiger charge is 2.24. The zero-order chi connectivity index (χ0) is 21.9. The molecule has 0 aliphatic carbocycles. The molecule has 0 spiro atoms. The van der Waals surface area contributed by atoms with Crippen LogP contribution in [0.4, 0.5) is 0 Å². The Kier molecular flexibility index (Phi) is 5.44. The van der Waals surface area contributed by atoms with Gasteiger partial charge in [-0.15, -0.1) is 0 Å². The van der Waals surface area contributed by atoms with Crippen molar-refractivity contribution in [2.45, 2.75) is 6.61 Å². The van der Waals surface area contributed by atoms with Gasteiger partial charge >= 0.3 is 5.97 Å². The van der Waals surface area contributed by atoms with Crippen LogP contribution in [0.3, 0.4) is 0 Å². The van der Waals surface area contributed by atoms with Crippen molar-refractivity contribution < 1.29 is 14.3 Å². The van der Waals surface area contributed by atoms with E-state index in [2.05, 4.69) is 4.99 Å². The van der Waals surface area contributed by atoms with Crippen molar-refractivity contribution in [3.05, 3.63) is 118 Å². The minimum atomic E-state index is -0.492. The van der Waals surface area contributed by atoms with Gasteiger partial charge in [-0.2, -0.15) is 0 Å². The van der Waals surface area contributed by atoms with E-state index in [9.17, 15) is 4.79 Å². The molecule has 4 nitrogen and oxygen atoms in total. The molecule has 0 fully saturated rings. The number of benzene rings is 4. The summed E-state index contributed by atoms with van der Waals surface area (Å²) in [7, 11) is 0. The second-order valence-electron chi connectivity index (χ2n) is 7.32. The summed E-state index contributed by atoms with van der Waals surface area (Å²) >= 11 is 6.23. The second kappa shape index (κ2) is 8.69. The smallest absolute Gasteiger partial charge is 0.363 e. The van der Waals surface area contributed by atoms with Crippen LogP contribution in [-0.4, -0.2) is 11.9 Å². The maximum atomic E-state index is 12.5. The summed E-state index contributed by atoms with van der Waals surface area (Å²) in [4.78, 5) is 16.9. The highest BCUT2D eigenvalue weighted by atomic mass is 35.5. The van der Waals surface area contributed by atoms with Gasteiger partial charge in [0.25, 0.3) is 0 Å². The predicted molar refractivity (Wildman–Crippen MR) is 127 cm³/mol. The molecule has 156 valence electrons. The third-order valence-corrected chi connectivity index (χ3v) is 5.54. The number of esters is 1. The Hall–Kier alpha value is -3.89. The lowest BCUT2D eigenvalue weighted by Crippen LogP contribution is -2.05. The molecule has 0 radical (unpaired) electrons. The lowest BCUT2D eigenvalue weighted by atomic mass is 10.1. The molecule has 0 aromatic heterocycles. The Morgan fingerprint density at radius 2 is 1.62 bits per heavy atom. The minimum absolute atomic E-state index is 0.224. The summed E-state index contributed by atoms with van der Waals surface area (Å²) in [5.74, 6) is 0.428. The van der Waals surface area contributed by atoms with Crippen LogP contribution in [0.25, 0.3) is 16.8 Å². The van der Waals surface area contributed by atoms with Crippen LogP contribution in [0.5, 0.6) is 5.75 Å². The van der Waals surface area contributed by atoms with Crippen LogP contribution in [0.15, 0.2) is 102 Å². The Morgan fingerprint density at radius 1 is 0.875 bits per heavy atom. The SMILES string of the molecule is O=C1OC(c2ccc3ccccc3c2)=N/C1=C\c1ccccc1OCc1ccccc1Cl. The molecule has 4 aromatic rings. The molecule has 5 rings (SSSR count). The van der Waals surface area contributed by atoms with Gasteiger partial charge in [-0.3, -0.25) is 0 Å². The molecule has 0 N–H and O–H groups in total. The molecular weight excluding hydrogens is 422 g/mol. The Bertz CT molecular complexity index is 1390. The average molecular weight is 440 g/mol. The molecule has 0 bridgehead atoms. The van der Waals surface area contributed by atoms with Crippen LogP contribution in [0.2, 0.25) is 5.02 Å². The molecule has 5 heteroatoms. The number of para-hydroxylation sites is 1. The third-order valence-electron chi connectivity index (χ3n) is 5.17. The van der Waals surface area contributed by atoms with Crippen molar-refractivity contribution in [1.82, 2.24) is 0 Å². The fourth-order valence-corrected chi connectivity index (χ4v) is 3.69. The van der Waals surface area contributed by atoms with Crippen molar-refractivity contribution in [3.63, 3.8) is 0 Å². The normalized spacial score (nSPS) is 14.5. The number of nitrogens with zero attached hydrogens (tertiary/aromatic N) is 1. The van der Waals surface area contributed by atoms with Gasteiger partial charge in [0, 0.05) is 21.7 Å². The highest BCUT2D eigenvalue weighted by Crippen LogP contribution is 2.27. The largest absolute Gasteiger partial charge is 0.488 e. The van der Waals surface area contributed by atoms with E-state index in [4.69, 9.17) is 21.1 Å². The molecule has 0 amide bonds. The summed E-state index contributed by atoms with van der Waals surface area (Å²) in [6.45, 7) is 0.315. The first-order chi connectivity index (χ1) is 15.7. The van der Waals surface area contributed by atoms with E-state index in [1.807, 2.05) is 91.0 Å². The van der Waals surface area contributed by atoms with Crippen LogP contribution in [-0.2, 0) is 16.1 Å². The first kappa shape index (κ1) is 20.0. The first-order valence-electron chi connectivity index (χ1n) is 10.1. The summed E-state index contributed by atoms with van der Waals surface area (Å²) in [6, 6.07) is 28.9. The standard InChI is InChI=1S/C27H18ClNO3/c28-23-11-5-3-10-22(23)17-31-25-12-6-4-9-20(25)16-24-27(30)32-26(29-24)21-14-13-18-7-1-2-8-19(18)15-21/h1-16H,17H2/b24-16-. The van der Waals surface area contributed by atoms with Gasteiger partial charge in [0.05, 0.1) is 0 Å². The van der Waals surface area contributed by atoms with E-state index in [-0.39, 0.29) is 5.70 Å². The van der Waals surface area contributed by atoms with Gasteiger partial charge in [0.15, 0.2) is 5.70 Å². The van der Waals surface area contributed by atoms with E-state index >= 15 is 0 Å². The average Bonchev–Trinajstić information content (AvgIpc) is 3.19. The van der Waals surface area contributed by atoms with Crippen LogP contribution < -0.4 is 4.74 Å². The third kappa shape index (κ3) is 4.13. The van der Waals surface area contributed by atoms with Gasteiger partial charge in [-0.25, -0.2) is 9.79 Å². The molecule has 0 saturated carbocycles. The van der Waals surface area contributed by atoms with Crippen molar-refractivity contribution in [1.29, 1.82) is 0 Å². The number of fused-ring (bicyclic) bond motifs is 1. The topological polar surface area (TPSA) is 47.9 Å². The van der Waals surface area contributed by atoms with E-state index < -0.39 is 5.97 Å². The molecule has 1 aliphatic rings. The van der Waals surface area contributed by atoms with E-state index in [0.29, 0.717) is 23.3 Å². The maximum absolute atomic E-state index is 12.5. The van der Waals surface area contributed by atoms with E-state index in [1.165, 1.54) is 0 Å². The second-order valence-corrected chi connectivity index (χ2v) is 7.72. The molecule has 1 aliphatic heterocycles. The van der Waals surface area contributed by atoms with Gasteiger partial charge in [0.1, 0.15) is 12.4 Å². The minimum Gasteiger partial charge on any atom is -0.488 e. The molecular formula is C27H18ClNO3. The lowest BCUT2D eigenvalue weighted by Gasteiger charge is -2.10. The molecule has 4 aromatic carbocycles. The Morgan fingerprint density at radius 3 is 2.50 bits per heavy atom.